The molecule has 2 aliphatic rings. The van der Waals surface area contributed by atoms with Gasteiger partial charge in [-0.25, -0.2) is 0 Å². The Bertz CT molecular complexity index is 1090. The van der Waals surface area contributed by atoms with E-state index in [1.807, 2.05) is 12.1 Å². The van der Waals surface area contributed by atoms with Crippen molar-refractivity contribution < 1.29 is 33.3 Å². The second kappa shape index (κ2) is 11.0. The van der Waals surface area contributed by atoms with Gasteiger partial charge in [-0.1, -0.05) is 13.8 Å². The molecule has 2 aliphatic heterocycles. The summed E-state index contributed by atoms with van der Waals surface area (Å²) in [5.41, 5.74) is 1.33. The van der Waals surface area contributed by atoms with E-state index in [0.29, 0.717) is 59.9 Å². The van der Waals surface area contributed by atoms with E-state index in [1.165, 1.54) is 0 Å². The summed E-state index contributed by atoms with van der Waals surface area (Å²) in [6.07, 6.45) is 0.882. The highest BCUT2D eigenvalue weighted by atomic mass is 16.7. The van der Waals surface area contributed by atoms with Crippen LogP contribution in [0.4, 0.5) is 0 Å². The third kappa shape index (κ3) is 5.15. The molecule has 2 amide bonds. The van der Waals surface area contributed by atoms with Gasteiger partial charge in [-0.3, -0.25) is 9.59 Å². The van der Waals surface area contributed by atoms with Crippen LogP contribution < -0.4 is 29.0 Å². The minimum atomic E-state index is -0.432. The maximum Gasteiger partial charge on any atom is 0.254 e. The first-order valence-electron chi connectivity index (χ1n) is 12.1. The number of benzene rings is 2. The van der Waals surface area contributed by atoms with Crippen molar-refractivity contribution in [3.8, 4) is 28.7 Å². The van der Waals surface area contributed by atoms with E-state index in [1.54, 1.807) is 44.4 Å². The highest BCUT2D eigenvalue weighted by molar-refractivity contribution is 5.96. The van der Waals surface area contributed by atoms with E-state index in [-0.39, 0.29) is 24.5 Å². The highest BCUT2D eigenvalue weighted by Gasteiger charge is 2.41. The first-order chi connectivity index (χ1) is 17.4. The molecule has 0 bridgehead atoms. The van der Waals surface area contributed by atoms with Crippen molar-refractivity contribution in [2.75, 3.05) is 47.8 Å². The normalized spacial score (nSPS) is 18.3. The number of carbonyl (C=O) groups is 2. The number of nitrogens with zero attached hydrogens (tertiary/aromatic N) is 1. The minimum Gasteiger partial charge on any atom is -0.493 e. The van der Waals surface area contributed by atoms with Crippen LogP contribution in [0.2, 0.25) is 0 Å². The zero-order chi connectivity index (χ0) is 25.8. The van der Waals surface area contributed by atoms with E-state index < -0.39 is 5.92 Å². The van der Waals surface area contributed by atoms with Gasteiger partial charge >= 0.3 is 0 Å². The SMILES string of the molecule is COc1cc([C@@H]2CN(C(=O)c3ccc4c(c3)OCO4)C[C@@H]2C(=O)NCCC(C)C)cc(OC)c1OC. The van der Waals surface area contributed by atoms with Crippen LogP contribution in [0, 0.1) is 11.8 Å². The lowest BCUT2D eigenvalue weighted by Crippen LogP contribution is -2.36. The molecule has 2 atom stereocenters. The molecule has 1 fully saturated rings. The number of likely N-dealkylation sites (tertiary alicyclic amines) is 1. The first kappa shape index (κ1) is 25.5. The quantitative estimate of drug-likeness (QED) is 0.566. The fourth-order valence-electron chi connectivity index (χ4n) is 4.72. The number of carbonyl (C=O) groups excluding carboxylic acids is 2. The van der Waals surface area contributed by atoms with Crippen molar-refractivity contribution >= 4 is 11.8 Å². The van der Waals surface area contributed by atoms with Crippen LogP contribution in [-0.4, -0.2) is 64.5 Å². The van der Waals surface area contributed by atoms with Crippen LogP contribution in [0.3, 0.4) is 0 Å². The Morgan fingerprint density at radius 3 is 2.33 bits per heavy atom. The smallest absolute Gasteiger partial charge is 0.254 e. The van der Waals surface area contributed by atoms with Crippen molar-refractivity contribution in [1.82, 2.24) is 10.2 Å². The molecule has 9 nitrogen and oxygen atoms in total. The van der Waals surface area contributed by atoms with Gasteiger partial charge in [0.2, 0.25) is 18.4 Å². The molecule has 2 heterocycles. The summed E-state index contributed by atoms with van der Waals surface area (Å²) < 4.78 is 27.4. The predicted octanol–water partition coefficient (Wildman–Crippen LogP) is 3.46. The zero-order valence-electron chi connectivity index (χ0n) is 21.5. The molecular formula is C27H34N2O7. The Morgan fingerprint density at radius 2 is 1.69 bits per heavy atom. The van der Waals surface area contributed by atoms with E-state index in [4.69, 9.17) is 23.7 Å². The van der Waals surface area contributed by atoms with Crippen LogP contribution in [0.15, 0.2) is 30.3 Å². The third-order valence-corrected chi connectivity index (χ3v) is 6.70. The summed E-state index contributed by atoms with van der Waals surface area (Å²) in [6.45, 7) is 5.62. The van der Waals surface area contributed by atoms with E-state index in [0.717, 1.165) is 12.0 Å². The number of rotatable bonds is 9. The molecule has 1 N–H and O–H groups in total. The minimum absolute atomic E-state index is 0.0737. The van der Waals surface area contributed by atoms with E-state index in [9.17, 15) is 9.59 Å². The van der Waals surface area contributed by atoms with Gasteiger partial charge in [0.15, 0.2) is 23.0 Å². The Kier molecular flexibility index (Phi) is 7.76. The molecule has 0 aliphatic carbocycles. The summed E-state index contributed by atoms with van der Waals surface area (Å²) >= 11 is 0. The molecule has 0 spiro atoms. The van der Waals surface area contributed by atoms with Crippen LogP contribution in [-0.2, 0) is 4.79 Å². The molecule has 194 valence electrons. The van der Waals surface area contributed by atoms with Gasteiger partial charge in [0.1, 0.15) is 0 Å². The van der Waals surface area contributed by atoms with Crippen LogP contribution in [0.25, 0.3) is 0 Å². The molecule has 1 saturated heterocycles. The summed E-state index contributed by atoms with van der Waals surface area (Å²) in [7, 11) is 4.66. The second-order valence-corrected chi connectivity index (χ2v) is 9.42. The number of ether oxygens (including phenoxy) is 5. The number of hydrogen-bond acceptors (Lipinski definition) is 7. The van der Waals surface area contributed by atoms with Crippen molar-refractivity contribution in [2.24, 2.45) is 11.8 Å². The average molecular weight is 499 g/mol. The summed E-state index contributed by atoms with van der Waals surface area (Å²) in [6, 6.07) is 8.86. The lowest BCUT2D eigenvalue weighted by atomic mass is 9.87. The molecule has 0 aromatic heterocycles. The summed E-state index contributed by atoms with van der Waals surface area (Å²) in [5, 5.41) is 3.07. The Labute approximate surface area is 211 Å². The van der Waals surface area contributed by atoms with E-state index >= 15 is 0 Å². The largest absolute Gasteiger partial charge is 0.493 e. The molecule has 2 aromatic carbocycles. The van der Waals surface area contributed by atoms with Gasteiger partial charge in [0.05, 0.1) is 27.2 Å². The maximum atomic E-state index is 13.5. The van der Waals surface area contributed by atoms with Gasteiger partial charge in [0, 0.05) is 31.1 Å². The average Bonchev–Trinajstić information content (AvgIpc) is 3.54. The number of nitrogens with one attached hydrogen (secondary N) is 1. The number of fused-ring (bicyclic) bond motifs is 1. The lowest BCUT2D eigenvalue weighted by molar-refractivity contribution is -0.124. The molecule has 2 aromatic rings. The van der Waals surface area contributed by atoms with Crippen LogP contribution in [0.5, 0.6) is 28.7 Å². The maximum absolute atomic E-state index is 13.5. The number of methoxy groups -OCH3 is 3. The summed E-state index contributed by atoms with van der Waals surface area (Å²) in [5.74, 6) is 2.21. The molecule has 0 radical (unpaired) electrons. The topological polar surface area (TPSA) is 95.6 Å². The number of hydrogen-bond donors (Lipinski definition) is 1. The van der Waals surface area contributed by atoms with Crippen molar-refractivity contribution in [2.45, 2.75) is 26.2 Å². The van der Waals surface area contributed by atoms with Gasteiger partial charge in [-0.2, -0.15) is 0 Å². The van der Waals surface area contributed by atoms with Gasteiger partial charge < -0.3 is 33.9 Å². The fraction of sp³-hybridized carbons (Fsp3) is 0.481. The van der Waals surface area contributed by atoms with Gasteiger partial charge in [-0.05, 0) is 48.2 Å². The van der Waals surface area contributed by atoms with Crippen LogP contribution in [0.1, 0.15) is 42.1 Å². The highest BCUT2D eigenvalue weighted by Crippen LogP contribution is 2.43. The first-order valence-corrected chi connectivity index (χ1v) is 12.1. The van der Waals surface area contributed by atoms with Crippen molar-refractivity contribution in [3.63, 3.8) is 0 Å². The molecule has 0 unspecified atom stereocenters. The number of amides is 2. The standard InChI is InChI=1S/C27H34N2O7/c1-16(2)8-9-28-26(30)20-14-29(27(31)17-6-7-21-22(10-17)36-15-35-21)13-19(20)18-11-23(32-3)25(34-5)24(12-18)33-4/h6-7,10-12,16,19-20H,8-9,13-15H2,1-5H3,(H,28,30)/t19-,20-/m0/s1. The third-order valence-electron chi connectivity index (χ3n) is 6.70. The van der Waals surface area contributed by atoms with E-state index in [2.05, 4.69) is 19.2 Å². The summed E-state index contributed by atoms with van der Waals surface area (Å²) in [4.78, 5) is 28.5. The molecule has 0 saturated carbocycles. The van der Waals surface area contributed by atoms with Gasteiger partial charge in [0.25, 0.3) is 5.91 Å². The molecule has 9 heteroatoms. The van der Waals surface area contributed by atoms with Crippen molar-refractivity contribution in [1.29, 1.82) is 0 Å². The fourth-order valence-corrected chi connectivity index (χ4v) is 4.72. The Hall–Kier alpha value is -3.62. The lowest BCUT2D eigenvalue weighted by Gasteiger charge is -2.21. The second-order valence-electron chi connectivity index (χ2n) is 9.42. The Balaban J connectivity index is 1.64. The zero-order valence-corrected chi connectivity index (χ0v) is 21.5. The Morgan fingerprint density at radius 1 is 1.00 bits per heavy atom. The predicted molar refractivity (Wildman–Crippen MR) is 133 cm³/mol. The van der Waals surface area contributed by atoms with Crippen molar-refractivity contribution in [3.05, 3.63) is 41.5 Å². The monoisotopic (exact) mass is 498 g/mol. The molecule has 4 rings (SSSR count). The van der Waals surface area contributed by atoms with Gasteiger partial charge in [-0.15, -0.1) is 0 Å². The molecule has 36 heavy (non-hydrogen) atoms. The molecular weight excluding hydrogens is 464 g/mol. The van der Waals surface area contributed by atoms with Crippen LogP contribution >= 0.6 is 0 Å².